The average Bonchev–Trinajstić information content (AvgIpc) is 2.91. The van der Waals surface area contributed by atoms with Gasteiger partial charge < -0.3 is 11.1 Å². The van der Waals surface area contributed by atoms with Gasteiger partial charge in [-0.1, -0.05) is 96.9 Å². The molecule has 186 valence electrons. The summed E-state index contributed by atoms with van der Waals surface area (Å²) in [6, 6.07) is 33.6. The molecule has 0 saturated carbocycles. The number of piperazine rings is 1. The molecule has 0 amide bonds. The topological polar surface area (TPSA) is 41.3 Å². The van der Waals surface area contributed by atoms with Gasteiger partial charge in [0.25, 0.3) is 0 Å². The zero-order chi connectivity index (χ0) is 24.7. The van der Waals surface area contributed by atoms with E-state index in [0.717, 1.165) is 44.0 Å². The van der Waals surface area contributed by atoms with Gasteiger partial charge in [-0.25, -0.2) is 0 Å². The molecule has 0 aliphatic carbocycles. The molecule has 3 nitrogen and oxygen atoms in total. The number of hydrogen-bond acceptors (Lipinski definition) is 3. The first kappa shape index (κ1) is 25.0. The summed E-state index contributed by atoms with van der Waals surface area (Å²) in [7, 11) is 0. The number of fused-ring (bicyclic) bond motifs is 1. The molecule has 1 aliphatic heterocycles. The molecule has 0 spiro atoms. The first-order valence-electron chi connectivity index (χ1n) is 13.2. The first-order valence-corrected chi connectivity index (χ1v) is 13.6. The standard InChI is InChI=1S/C32H36ClN3/c33-30-16-15-28-18-25(11-14-29(28)20-30)19-31-23-36(32(21-35-31)8-4-5-17-34)22-24-9-12-27(13-10-24)26-6-2-1-3-7-26/h1-3,6-7,9-16,18,20,31-32,35H,4-5,8,17,19,21-23,34H2/t31-,32-/m0/s1. The van der Waals surface area contributed by atoms with Crippen molar-refractivity contribution in [2.24, 2.45) is 5.73 Å². The summed E-state index contributed by atoms with van der Waals surface area (Å²) in [5.41, 5.74) is 11.1. The number of nitrogens with zero attached hydrogens (tertiary/aromatic N) is 1. The lowest BCUT2D eigenvalue weighted by molar-refractivity contribution is 0.113. The minimum Gasteiger partial charge on any atom is -0.330 e. The lowest BCUT2D eigenvalue weighted by Crippen LogP contribution is -2.56. The van der Waals surface area contributed by atoms with Gasteiger partial charge in [-0.3, -0.25) is 4.90 Å². The fourth-order valence-corrected chi connectivity index (χ4v) is 5.59. The quantitative estimate of drug-likeness (QED) is 0.253. The van der Waals surface area contributed by atoms with Gasteiger partial charge in [0.15, 0.2) is 0 Å². The van der Waals surface area contributed by atoms with Gasteiger partial charge in [-0.2, -0.15) is 0 Å². The normalized spacial score (nSPS) is 18.5. The molecule has 3 N–H and O–H groups in total. The zero-order valence-corrected chi connectivity index (χ0v) is 21.6. The summed E-state index contributed by atoms with van der Waals surface area (Å²) in [6.45, 7) is 3.83. The van der Waals surface area contributed by atoms with Crippen molar-refractivity contribution in [3.8, 4) is 11.1 Å². The largest absolute Gasteiger partial charge is 0.330 e. The molecule has 1 fully saturated rings. The number of hydrogen-bond donors (Lipinski definition) is 2. The van der Waals surface area contributed by atoms with E-state index < -0.39 is 0 Å². The van der Waals surface area contributed by atoms with Crippen LogP contribution in [0.4, 0.5) is 0 Å². The Kier molecular flexibility index (Phi) is 8.35. The van der Waals surface area contributed by atoms with Crippen LogP contribution in [0.3, 0.4) is 0 Å². The van der Waals surface area contributed by atoms with Crippen LogP contribution in [-0.2, 0) is 13.0 Å². The van der Waals surface area contributed by atoms with Gasteiger partial charge in [0.2, 0.25) is 0 Å². The van der Waals surface area contributed by atoms with Gasteiger partial charge in [-0.05, 0) is 71.0 Å². The second-order valence-corrected chi connectivity index (χ2v) is 10.5. The second kappa shape index (κ2) is 12.0. The molecule has 4 aromatic carbocycles. The van der Waals surface area contributed by atoms with E-state index in [1.807, 2.05) is 12.1 Å². The fraction of sp³-hybridized carbons (Fsp3) is 0.312. The highest BCUT2D eigenvalue weighted by molar-refractivity contribution is 6.31. The van der Waals surface area contributed by atoms with Crippen molar-refractivity contribution in [3.05, 3.63) is 107 Å². The van der Waals surface area contributed by atoms with Gasteiger partial charge in [-0.15, -0.1) is 0 Å². The highest BCUT2D eigenvalue weighted by Crippen LogP contribution is 2.24. The van der Waals surface area contributed by atoms with E-state index in [-0.39, 0.29) is 0 Å². The fourth-order valence-electron chi connectivity index (χ4n) is 5.41. The Morgan fingerprint density at radius 3 is 2.33 bits per heavy atom. The molecule has 4 heteroatoms. The third-order valence-corrected chi connectivity index (χ3v) is 7.64. The third kappa shape index (κ3) is 6.35. The Labute approximate surface area is 220 Å². The summed E-state index contributed by atoms with van der Waals surface area (Å²) in [5.74, 6) is 0. The highest BCUT2D eigenvalue weighted by Gasteiger charge is 2.27. The summed E-state index contributed by atoms with van der Waals surface area (Å²) in [6.07, 6.45) is 4.50. The lowest BCUT2D eigenvalue weighted by atomic mass is 9.96. The Morgan fingerprint density at radius 1 is 0.806 bits per heavy atom. The minimum absolute atomic E-state index is 0.434. The van der Waals surface area contributed by atoms with Gasteiger partial charge in [0.1, 0.15) is 0 Å². The Hall–Kier alpha value is -2.69. The van der Waals surface area contributed by atoms with Crippen molar-refractivity contribution in [2.75, 3.05) is 19.6 Å². The number of unbranched alkanes of at least 4 members (excludes halogenated alkanes) is 1. The smallest absolute Gasteiger partial charge is 0.0412 e. The maximum atomic E-state index is 6.17. The SMILES string of the molecule is NCCCC[C@H]1CN[C@@H](Cc2ccc3cc(Cl)ccc3c2)CN1Cc1ccc(-c2ccccc2)cc1. The number of rotatable bonds is 9. The van der Waals surface area contributed by atoms with Crippen LogP contribution in [-0.4, -0.2) is 36.6 Å². The predicted molar refractivity (Wildman–Crippen MR) is 153 cm³/mol. The van der Waals surface area contributed by atoms with Gasteiger partial charge in [0.05, 0.1) is 0 Å². The first-order chi connectivity index (χ1) is 17.7. The summed E-state index contributed by atoms with van der Waals surface area (Å²) in [5, 5.41) is 7.09. The maximum Gasteiger partial charge on any atom is 0.0412 e. The van der Waals surface area contributed by atoms with Crippen LogP contribution in [0.15, 0.2) is 91.0 Å². The van der Waals surface area contributed by atoms with Crippen molar-refractivity contribution >= 4 is 22.4 Å². The molecule has 1 saturated heterocycles. The molecule has 0 radical (unpaired) electrons. The molecule has 1 aliphatic rings. The van der Waals surface area contributed by atoms with E-state index in [0.29, 0.717) is 12.1 Å². The Balaban J connectivity index is 1.28. The molecule has 2 atom stereocenters. The number of nitrogens with two attached hydrogens (primary N) is 1. The van der Waals surface area contributed by atoms with Crippen molar-refractivity contribution in [2.45, 2.75) is 44.3 Å². The van der Waals surface area contributed by atoms with Crippen molar-refractivity contribution in [1.82, 2.24) is 10.2 Å². The second-order valence-electron chi connectivity index (χ2n) is 10.1. The van der Waals surface area contributed by atoms with Gasteiger partial charge >= 0.3 is 0 Å². The molecule has 0 aromatic heterocycles. The molecule has 0 bridgehead atoms. The molecular formula is C32H36ClN3. The van der Waals surface area contributed by atoms with Crippen LogP contribution >= 0.6 is 11.6 Å². The van der Waals surface area contributed by atoms with Crippen molar-refractivity contribution < 1.29 is 0 Å². The number of nitrogens with one attached hydrogen (secondary N) is 1. The monoisotopic (exact) mass is 497 g/mol. The minimum atomic E-state index is 0.434. The number of benzene rings is 4. The third-order valence-electron chi connectivity index (χ3n) is 7.40. The van der Waals surface area contributed by atoms with E-state index in [1.165, 1.54) is 45.9 Å². The lowest BCUT2D eigenvalue weighted by Gasteiger charge is -2.41. The van der Waals surface area contributed by atoms with Crippen LogP contribution in [0.2, 0.25) is 5.02 Å². The van der Waals surface area contributed by atoms with E-state index in [1.54, 1.807) is 0 Å². The van der Waals surface area contributed by atoms with E-state index in [2.05, 4.69) is 89.1 Å². The molecule has 0 unspecified atom stereocenters. The number of halogens is 1. The molecule has 36 heavy (non-hydrogen) atoms. The Morgan fingerprint density at radius 2 is 1.53 bits per heavy atom. The van der Waals surface area contributed by atoms with E-state index >= 15 is 0 Å². The molecule has 5 rings (SSSR count). The van der Waals surface area contributed by atoms with Crippen LogP contribution < -0.4 is 11.1 Å². The predicted octanol–water partition coefficient (Wildman–Crippen LogP) is 6.67. The van der Waals surface area contributed by atoms with Gasteiger partial charge in [0, 0.05) is 36.7 Å². The summed E-state index contributed by atoms with van der Waals surface area (Å²) < 4.78 is 0. The summed E-state index contributed by atoms with van der Waals surface area (Å²) in [4.78, 5) is 2.69. The summed E-state index contributed by atoms with van der Waals surface area (Å²) >= 11 is 6.17. The van der Waals surface area contributed by atoms with E-state index in [4.69, 9.17) is 17.3 Å². The molecule has 4 aromatic rings. The Bertz CT molecular complexity index is 1260. The van der Waals surface area contributed by atoms with Crippen molar-refractivity contribution in [3.63, 3.8) is 0 Å². The zero-order valence-electron chi connectivity index (χ0n) is 20.9. The van der Waals surface area contributed by atoms with Crippen LogP contribution in [0.5, 0.6) is 0 Å². The molecular weight excluding hydrogens is 462 g/mol. The van der Waals surface area contributed by atoms with Crippen LogP contribution in [0.1, 0.15) is 30.4 Å². The van der Waals surface area contributed by atoms with E-state index in [9.17, 15) is 0 Å². The maximum absolute atomic E-state index is 6.17. The average molecular weight is 498 g/mol. The highest BCUT2D eigenvalue weighted by atomic mass is 35.5. The van der Waals surface area contributed by atoms with Crippen LogP contribution in [0.25, 0.3) is 21.9 Å². The van der Waals surface area contributed by atoms with Crippen molar-refractivity contribution in [1.29, 1.82) is 0 Å². The van der Waals surface area contributed by atoms with Crippen LogP contribution in [0, 0.1) is 0 Å². The molecule has 1 heterocycles.